The van der Waals surface area contributed by atoms with Crippen molar-refractivity contribution in [1.29, 1.82) is 0 Å². The van der Waals surface area contributed by atoms with Crippen LogP contribution in [0.5, 0.6) is 0 Å². The Morgan fingerprint density at radius 3 is 1.58 bits per heavy atom. The molecule has 5 heteroatoms. The van der Waals surface area contributed by atoms with Crippen molar-refractivity contribution < 1.29 is 10.4 Å². The maximum Gasteiger partial charge on any atom is 0.135 e. The molecule has 0 heterocycles. The summed E-state index contributed by atoms with van der Waals surface area (Å²) < 4.78 is 0. The van der Waals surface area contributed by atoms with E-state index in [1.54, 1.807) is 48.5 Å². The molecule has 0 aromatic heterocycles. The third-order valence-electron chi connectivity index (χ3n) is 2.58. The standard InChI is InChI=1S/C14H11Cl2NO2/c15-12-5-1-10(2-6-12)14(9-17(18)19)11-3-7-13(16)8-4-11/h1-9,17-18H. The van der Waals surface area contributed by atoms with Crippen molar-refractivity contribution in [2.24, 2.45) is 0 Å². The molecular formula is C14H11Cl2NO2. The van der Waals surface area contributed by atoms with Crippen molar-refractivity contribution in [2.75, 3.05) is 0 Å². The zero-order valence-electron chi connectivity index (χ0n) is 9.81. The molecule has 0 aliphatic rings. The molecule has 3 nitrogen and oxygen atoms in total. The van der Waals surface area contributed by atoms with Crippen LogP contribution in [0.4, 0.5) is 0 Å². The van der Waals surface area contributed by atoms with E-state index in [0.717, 1.165) is 11.1 Å². The Labute approximate surface area is 120 Å². The number of halogens is 2. The maximum absolute atomic E-state index is 11.0. The van der Waals surface area contributed by atoms with Gasteiger partial charge in [0.25, 0.3) is 0 Å². The Bertz CT molecular complexity index is 530. The van der Waals surface area contributed by atoms with Crippen molar-refractivity contribution in [2.45, 2.75) is 0 Å². The Kier molecular flexibility index (Phi) is 4.58. The summed E-state index contributed by atoms with van der Waals surface area (Å²) in [5, 5.41) is 20.2. The third kappa shape index (κ3) is 3.80. The summed E-state index contributed by atoms with van der Waals surface area (Å²) in [6.07, 6.45) is 1.17. The number of hydrogen-bond acceptors (Lipinski definition) is 2. The maximum atomic E-state index is 11.0. The average Bonchev–Trinajstić information content (AvgIpc) is 2.38. The normalized spacial score (nSPS) is 12.0. The van der Waals surface area contributed by atoms with Crippen LogP contribution < -0.4 is 5.23 Å². The Balaban J connectivity index is 2.47. The fourth-order valence-corrected chi connectivity index (χ4v) is 1.97. The van der Waals surface area contributed by atoms with Crippen LogP contribution in [-0.4, -0.2) is 5.21 Å². The minimum absolute atomic E-state index is 0.606. The van der Waals surface area contributed by atoms with E-state index in [9.17, 15) is 5.21 Å². The van der Waals surface area contributed by atoms with E-state index in [1.165, 1.54) is 6.20 Å². The minimum Gasteiger partial charge on any atom is -0.595 e. The van der Waals surface area contributed by atoms with Crippen LogP contribution >= 0.6 is 23.2 Å². The molecule has 0 fully saturated rings. The minimum atomic E-state index is -1.00. The van der Waals surface area contributed by atoms with Gasteiger partial charge in [0.2, 0.25) is 0 Å². The molecule has 0 amide bonds. The van der Waals surface area contributed by atoms with Gasteiger partial charge in [0.05, 0.1) is 0 Å². The molecule has 0 saturated heterocycles. The van der Waals surface area contributed by atoms with Crippen molar-refractivity contribution in [3.63, 3.8) is 0 Å². The third-order valence-corrected chi connectivity index (χ3v) is 3.08. The van der Waals surface area contributed by atoms with Crippen molar-refractivity contribution in [3.05, 3.63) is 81.1 Å². The summed E-state index contributed by atoms with van der Waals surface area (Å²) in [6, 6.07) is 14.0. The van der Waals surface area contributed by atoms with Gasteiger partial charge in [-0.1, -0.05) is 47.5 Å². The number of benzene rings is 2. The zero-order chi connectivity index (χ0) is 13.8. The van der Waals surface area contributed by atoms with E-state index in [4.69, 9.17) is 28.4 Å². The summed E-state index contributed by atoms with van der Waals surface area (Å²) in [7, 11) is 0. The summed E-state index contributed by atoms with van der Waals surface area (Å²) in [4.78, 5) is 0. The molecule has 0 aliphatic carbocycles. The van der Waals surface area contributed by atoms with Gasteiger partial charge in [-0.25, -0.2) is 10.4 Å². The quantitative estimate of drug-likeness (QED) is 0.855. The van der Waals surface area contributed by atoms with Gasteiger partial charge in [-0.05, 0) is 35.4 Å². The van der Waals surface area contributed by atoms with E-state index in [0.29, 0.717) is 15.6 Å². The molecule has 2 N–H and O–H groups in total. The molecule has 0 saturated carbocycles. The Hall–Kier alpha value is -1.36. The largest absolute Gasteiger partial charge is 0.595 e. The van der Waals surface area contributed by atoms with Crippen LogP contribution in [0.3, 0.4) is 0 Å². The lowest BCUT2D eigenvalue weighted by molar-refractivity contribution is -1.00. The SMILES string of the molecule is [O-][NH+](O)C=C(c1ccc(Cl)cc1)c1ccc(Cl)cc1. The van der Waals surface area contributed by atoms with E-state index >= 15 is 0 Å². The van der Waals surface area contributed by atoms with Gasteiger partial charge in [0, 0.05) is 15.6 Å². The fourth-order valence-electron chi connectivity index (χ4n) is 1.72. The van der Waals surface area contributed by atoms with E-state index < -0.39 is 5.23 Å². The summed E-state index contributed by atoms with van der Waals surface area (Å²) in [6.45, 7) is 0. The van der Waals surface area contributed by atoms with E-state index in [2.05, 4.69) is 0 Å². The van der Waals surface area contributed by atoms with Gasteiger partial charge in [-0.15, -0.1) is 0 Å². The number of nitrogens with one attached hydrogen (secondary N) is 1. The van der Waals surface area contributed by atoms with Crippen LogP contribution in [0.1, 0.15) is 11.1 Å². The van der Waals surface area contributed by atoms with Crippen molar-refractivity contribution >= 4 is 28.8 Å². The number of hydrogen-bond donors (Lipinski definition) is 2. The first kappa shape index (κ1) is 14.1. The first-order valence-corrected chi connectivity index (χ1v) is 6.28. The predicted octanol–water partition coefficient (Wildman–Crippen LogP) is 3.15. The molecule has 0 spiro atoms. The Morgan fingerprint density at radius 1 is 0.895 bits per heavy atom. The van der Waals surface area contributed by atoms with Crippen LogP contribution in [0, 0.1) is 5.21 Å². The topological polar surface area (TPSA) is 47.7 Å². The lowest BCUT2D eigenvalue weighted by Crippen LogP contribution is -2.99. The average molecular weight is 296 g/mol. The molecular weight excluding hydrogens is 285 g/mol. The number of rotatable bonds is 3. The molecule has 98 valence electrons. The highest BCUT2D eigenvalue weighted by Gasteiger charge is 2.08. The highest BCUT2D eigenvalue weighted by molar-refractivity contribution is 6.30. The van der Waals surface area contributed by atoms with Crippen LogP contribution in [0.15, 0.2) is 54.7 Å². The fraction of sp³-hybridized carbons (Fsp3) is 0. The summed E-state index contributed by atoms with van der Waals surface area (Å²) in [5.41, 5.74) is 2.18. The highest BCUT2D eigenvalue weighted by atomic mass is 35.5. The lowest BCUT2D eigenvalue weighted by atomic mass is 9.99. The molecule has 19 heavy (non-hydrogen) atoms. The van der Waals surface area contributed by atoms with Gasteiger partial charge in [0.15, 0.2) is 0 Å². The van der Waals surface area contributed by atoms with Gasteiger partial charge >= 0.3 is 0 Å². The van der Waals surface area contributed by atoms with Crippen LogP contribution in [0.25, 0.3) is 5.57 Å². The lowest BCUT2D eigenvalue weighted by Gasteiger charge is -2.12. The van der Waals surface area contributed by atoms with Gasteiger partial charge in [0.1, 0.15) is 6.20 Å². The number of quaternary nitrogens is 1. The van der Waals surface area contributed by atoms with E-state index in [1.807, 2.05) is 0 Å². The van der Waals surface area contributed by atoms with Crippen LogP contribution in [-0.2, 0) is 0 Å². The molecule has 2 rings (SSSR count). The Morgan fingerprint density at radius 2 is 1.26 bits per heavy atom. The highest BCUT2D eigenvalue weighted by Crippen LogP contribution is 2.24. The molecule has 2 aromatic carbocycles. The van der Waals surface area contributed by atoms with Gasteiger partial charge in [-0.2, -0.15) is 0 Å². The monoisotopic (exact) mass is 295 g/mol. The summed E-state index contributed by atoms with van der Waals surface area (Å²) in [5.74, 6) is 0. The first-order valence-electron chi connectivity index (χ1n) is 5.53. The molecule has 0 aliphatic heterocycles. The van der Waals surface area contributed by atoms with Crippen molar-refractivity contribution in [1.82, 2.24) is 0 Å². The predicted molar refractivity (Wildman–Crippen MR) is 76.1 cm³/mol. The van der Waals surface area contributed by atoms with Crippen LogP contribution in [0.2, 0.25) is 10.0 Å². The second-order valence-electron chi connectivity index (χ2n) is 3.91. The van der Waals surface area contributed by atoms with Crippen molar-refractivity contribution in [3.8, 4) is 0 Å². The van der Waals surface area contributed by atoms with Gasteiger partial charge < -0.3 is 5.21 Å². The van der Waals surface area contributed by atoms with E-state index in [-0.39, 0.29) is 0 Å². The molecule has 2 aromatic rings. The zero-order valence-corrected chi connectivity index (χ0v) is 11.3. The second kappa shape index (κ2) is 6.19. The second-order valence-corrected chi connectivity index (χ2v) is 4.78. The number of hydroxylamine groups is 2. The molecule has 1 atom stereocenters. The first-order chi connectivity index (χ1) is 9.06. The molecule has 0 radical (unpaired) electrons. The van der Waals surface area contributed by atoms with Gasteiger partial charge in [-0.3, -0.25) is 0 Å². The smallest absolute Gasteiger partial charge is 0.135 e. The molecule has 1 unspecified atom stereocenters. The summed E-state index contributed by atoms with van der Waals surface area (Å²) >= 11 is 11.7. The molecule has 0 bridgehead atoms.